The molecule has 9 heteroatoms. The van der Waals surface area contributed by atoms with Crippen LogP contribution in [0, 0.1) is 5.82 Å². The number of nitrogens with zero attached hydrogens (tertiary/aromatic N) is 2. The normalized spacial score (nSPS) is 21.0. The molecule has 2 aromatic rings. The van der Waals surface area contributed by atoms with Crippen molar-refractivity contribution in [3.05, 3.63) is 46.0 Å². The lowest BCUT2D eigenvalue weighted by molar-refractivity contribution is -0.123. The summed E-state index contributed by atoms with van der Waals surface area (Å²) in [5, 5.41) is 5.29. The molecule has 2 atom stereocenters. The Labute approximate surface area is 172 Å². The van der Waals surface area contributed by atoms with Gasteiger partial charge in [-0.15, -0.1) is 0 Å². The molecule has 4 rings (SSSR count). The molecule has 0 saturated carbocycles. The molecule has 158 valence electrons. The number of halogens is 1. The van der Waals surface area contributed by atoms with Crippen molar-refractivity contribution >= 4 is 29.3 Å². The maximum Gasteiger partial charge on any atom is 0.258 e. The number of rotatable bonds is 4. The van der Waals surface area contributed by atoms with Crippen LogP contribution in [-0.2, 0) is 9.59 Å². The van der Waals surface area contributed by atoms with Gasteiger partial charge < -0.3 is 15.5 Å². The van der Waals surface area contributed by atoms with Gasteiger partial charge in [0.15, 0.2) is 0 Å². The zero-order valence-corrected chi connectivity index (χ0v) is 16.7. The summed E-state index contributed by atoms with van der Waals surface area (Å²) in [5.41, 5.74) is 0.0896. The molecule has 3 heterocycles. The van der Waals surface area contributed by atoms with Crippen molar-refractivity contribution < 1.29 is 14.0 Å². The molecule has 0 unspecified atom stereocenters. The van der Waals surface area contributed by atoms with Gasteiger partial charge in [-0.3, -0.25) is 19.4 Å². The van der Waals surface area contributed by atoms with Crippen molar-refractivity contribution in [2.45, 2.75) is 51.0 Å². The van der Waals surface area contributed by atoms with Crippen LogP contribution in [0.2, 0.25) is 0 Å². The van der Waals surface area contributed by atoms with Crippen LogP contribution in [0.15, 0.2) is 29.1 Å². The summed E-state index contributed by atoms with van der Waals surface area (Å²) in [4.78, 5) is 47.4. The Morgan fingerprint density at radius 2 is 2.03 bits per heavy atom. The predicted octanol–water partition coefficient (Wildman–Crippen LogP) is 2.74. The Kier molecular flexibility index (Phi) is 5.52. The molecule has 2 aliphatic heterocycles. The van der Waals surface area contributed by atoms with E-state index in [-0.39, 0.29) is 29.8 Å². The second-order valence-corrected chi connectivity index (χ2v) is 7.70. The zero-order valence-electron chi connectivity index (χ0n) is 16.7. The second kappa shape index (κ2) is 8.25. The Morgan fingerprint density at radius 1 is 1.27 bits per heavy atom. The SMILES string of the molecule is CC[C@@H]1CCCCN1c1nc2c(c(=O)[nH]1)[C@@H](C(=O)Nc1ccc(F)cc1)CC(=O)N2. The van der Waals surface area contributed by atoms with E-state index in [1.54, 1.807) is 0 Å². The number of anilines is 3. The molecule has 1 saturated heterocycles. The minimum atomic E-state index is -0.979. The van der Waals surface area contributed by atoms with Crippen LogP contribution in [0.1, 0.15) is 50.5 Å². The number of hydrogen-bond donors (Lipinski definition) is 3. The highest BCUT2D eigenvalue weighted by Gasteiger charge is 2.35. The van der Waals surface area contributed by atoms with Crippen molar-refractivity contribution in [2.75, 3.05) is 22.1 Å². The third-order valence-electron chi connectivity index (χ3n) is 5.74. The second-order valence-electron chi connectivity index (χ2n) is 7.70. The number of nitrogens with one attached hydrogen (secondary N) is 3. The van der Waals surface area contributed by atoms with Gasteiger partial charge in [-0.05, 0) is 49.9 Å². The van der Waals surface area contributed by atoms with Crippen LogP contribution in [0.3, 0.4) is 0 Å². The number of aromatic nitrogens is 2. The summed E-state index contributed by atoms with van der Waals surface area (Å²) in [6.45, 7) is 2.87. The molecule has 0 aliphatic carbocycles. The smallest absolute Gasteiger partial charge is 0.258 e. The number of hydrogen-bond acceptors (Lipinski definition) is 5. The molecule has 1 aromatic heterocycles. The summed E-state index contributed by atoms with van der Waals surface area (Å²) < 4.78 is 13.1. The quantitative estimate of drug-likeness (QED) is 0.715. The van der Waals surface area contributed by atoms with Crippen molar-refractivity contribution in [3.8, 4) is 0 Å². The van der Waals surface area contributed by atoms with Gasteiger partial charge >= 0.3 is 0 Å². The fourth-order valence-electron chi connectivity index (χ4n) is 4.19. The molecule has 2 aliphatic rings. The average Bonchev–Trinajstić information content (AvgIpc) is 2.74. The highest BCUT2D eigenvalue weighted by atomic mass is 19.1. The van der Waals surface area contributed by atoms with Crippen LogP contribution in [0.4, 0.5) is 21.8 Å². The lowest BCUT2D eigenvalue weighted by Crippen LogP contribution is -2.43. The Morgan fingerprint density at radius 3 is 2.77 bits per heavy atom. The fraction of sp³-hybridized carbons (Fsp3) is 0.429. The van der Waals surface area contributed by atoms with Gasteiger partial charge in [0, 0.05) is 24.7 Å². The highest BCUT2D eigenvalue weighted by Crippen LogP contribution is 2.31. The molecular formula is C21H24FN5O3. The van der Waals surface area contributed by atoms with Crippen molar-refractivity contribution in [3.63, 3.8) is 0 Å². The highest BCUT2D eigenvalue weighted by molar-refractivity contribution is 6.04. The van der Waals surface area contributed by atoms with Gasteiger partial charge in [-0.2, -0.15) is 4.98 Å². The Balaban J connectivity index is 1.65. The molecule has 2 amide bonds. The van der Waals surface area contributed by atoms with Gasteiger partial charge in [0.1, 0.15) is 11.6 Å². The van der Waals surface area contributed by atoms with E-state index in [0.717, 1.165) is 32.2 Å². The summed E-state index contributed by atoms with van der Waals surface area (Å²) in [5.74, 6) is -1.74. The lowest BCUT2D eigenvalue weighted by Gasteiger charge is -2.36. The average molecular weight is 413 g/mol. The van der Waals surface area contributed by atoms with Crippen LogP contribution < -0.4 is 21.1 Å². The third-order valence-corrected chi connectivity index (χ3v) is 5.74. The molecule has 3 N–H and O–H groups in total. The molecule has 0 radical (unpaired) electrons. The van der Waals surface area contributed by atoms with Crippen molar-refractivity contribution in [1.82, 2.24) is 9.97 Å². The zero-order chi connectivity index (χ0) is 21.3. The van der Waals surface area contributed by atoms with Gasteiger partial charge in [-0.25, -0.2) is 4.39 Å². The molecule has 30 heavy (non-hydrogen) atoms. The first kappa shape index (κ1) is 20.1. The summed E-state index contributed by atoms with van der Waals surface area (Å²) in [6.07, 6.45) is 3.92. The molecule has 1 aromatic carbocycles. The molecule has 0 spiro atoms. The first-order valence-corrected chi connectivity index (χ1v) is 10.2. The van der Waals surface area contributed by atoms with E-state index in [0.29, 0.717) is 11.6 Å². The van der Waals surface area contributed by atoms with Gasteiger partial charge in [0.2, 0.25) is 17.8 Å². The van der Waals surface area contributed by atoms with Crippen molar-refractivity contribution in [1.29, 1.82) is 0 Å². The van der Waals surface area contributed by atoms with E-state index in [2.05, 4.69) is 32.4 Å². The summed E-state index contributed by atoms with van der Waals surface area (Å²) in [6, 6.07) is 5.56. The topological polar surface area (TPSA) is 107 Å². The molecule has 1 fully saturated rings. The van der Waals surface area contributed by atoms with Crippen LogP contribution >= 0.6 is 0 Å². The molecule has 0 bridgehead atoms. The first-order valence-electron chi connectivity index (χ1n) is 10.2. The van der Waals surface area contributed by atoms with E-state index in [9.17, 15) is 18.8 Å². The van der Waals surface area contributed by atoms with E-state index in [4.69, 9.17) is 0 Å². The van der Waals surface area contributed by atoms with Crippen molar-refractivity contribution in [2.24, 2.45) is 0 Å². The first-order chi connectivity index (χ1) is 14.5. The fourth-order valence-corrected chi connectivity index (χ4v) is 4.19. The Bertz CT molecular complexity index is 1020. The van der Waals surface area contributed by atoms with Crippen LogP contribution in [0.25, 0.3) is 0 Å². The monoisotopic (exact) mass is 413 g/mol. The number of piperidine rings is 1. The predicted molar refractivity (Wildman–Crippen MR) is 111 cm³/mol. The summed E-state index contributed by atoms with van der Waals surface area (Å²) >= 11 is 0. The standard InChI is InChI=1S/C21H24FN5O3/c1-2-14-5-3-4-10-27(14)21-25-18-17(20(30)26-21)15(11-16(28)24-18)19(29)23-13-8-6-12(22)7-9-13/h6-9,14-15H,2-5,10-11H2,1H3,(H,23,29)(H2,24,25,26,28,30)/t14-,15+/m1/s1. The number of carbonyl (C=O) groups is 2. The maximum atomic E-state index is 13.1. The number of aromatic amines is 1. The summed E-state index contributed by atoms with van der Waals surface area (Å²) in [7, 11) is 0. The molecule has 8 nitrogen and oxygen atoms in total. The number of fused-ring (bicyclic) bond motifs is 1. The third kappa shape index (κ3) is 3.92. The maximum absolute atomic E-state index is 13.1. The van der Waals surface area contributed by atoms with Gasteiger partial charge in [0.05, 0.1) is 11.5 Å². The minimum Gasteiger partial charge on any atom is -0.339 e. The number of amides is 2. The Hall–Kier alpha value is -3.23. The van der Waals surface area contributed by atoms with Gasteiger partial charge in [0.25, 0.3) is 5.56 Å². The van der Waals surface area contributed by atoms with E-state index >= 15 is 0 Å². The van der Waals surface area contributed by atoms with E-state index < -0.39 is 23.2 Å². The van der Waals surface area contributed by atoms with Crippen LogP contribution in [0.5, 0.6) is 0 Å². The minimum absolute atomic E-state index is 0.129. The lowest BCUT2D eigenvalue weighted by atomic mass is 9.92. The number of H-pyrrole nitrogens is 1. The van der Waals surface area contributed by atoms with E-state index in [1.165, 1.54) is 24.3 Å². The largest absolute Gasteiger partial charge is 0.339 e. The van der Waals surface area contributed by atoms with Crippen LogP contribution in [-0.4, -0.2) is 34.4 Å². The number of benzene rings is 1. The molecular weight excluding hydrogens is 389 g/mol. The van der Waals surface area contributed by atoms with E-state index in [1.807, 2.05) is 0 Å². The van der Waals surface area contributed by atoms with Gasteiger partial charge in [-0.1, -0.05) is 6.92 Å². The number of carbonyl (C=O) groups excluding carboxylic acids is 2.